The van der Waals surface area contributed by atoms with Gasteiger partial charge in [-0.2, -0.15) is 6.08 Å². The van der Waals surface area contributed by atoms with Crippen molar-refractivity contribution in [1.29, 1.82) is 0 Å². The molecule has 6 heteroatoms. The zero-order valence-corrected chi connectivity index (χ0v) is 18.5. The van der Waals surface area contributed by atoms with Gasteiger partial charge in [0.1, 0.15) is 0 Å². The molecule has 0 aromatic carbocycles. The van der Waals surface area contributed by atoms with Crippen LogP contribution in [-0.2, 0) is 86.5 Å². The van der Waals surface area contributed by atoms with Gasteiger partial charge in [-0.1, -0.05) is 13.8 Å². The van der Waals surface area contributed by atoms with E-state index < -0.39 is 0 Å². The Morgan fingerprint density at radius 3 is 1.54 bits per heavy atom. The zero-order chi connectivity index (χ0) is 7.70. The zero-order valence-electron chi connectivity index (χ0n) is 7.65. The normalized spacial score (nSPS) is 5.54. The molecule has 0 bridgehead atoms. The van der Waals surface area contributed by atoms with Crippen molar-refractivity contribution < 1.29 is 86.5 Å². The number of carbonyl (C=O) groups is 1. The first-order chi connectivity index (χ1) is 4.27. The summed E-state index contributed by atoms with van der Waals surface area (Å²) in [5.74, 6) is -0.0245. The summed E-state index contributed by atoms with van der Waals surface area (Å²) in [4.78, 5) is 10.0. The van der Waals surface area contributed by atoms with E-state index in [9.17, 15) is 4.79 Å². The fourth-order valence-electron chi connectivity index (χ4n) is 0.184. The molecular weight excluding hydrogens is 859 g/mol. The largest absolute Gasteiger partial charge is 0.746 e. The second-order valence-corrected chi connectivity index (χ2v) is 1.14. The molecule has 4 radical (unpaired) electrons. The number of nitrogens with one attached hydrogen (secondary N) is 1. The number of carbonyl (C=O) groups excluding carboxylic acids is 1. The summed E-state index contributed by atoms with van der Waals surface area (Å²) in [6, 6.07) is 0. The van der Waals surface area contributed by atoms with Crippen LogP contribution in [0.15, 0.2) is 12.2 Å². The Hall–Kier alpha value is 1.89. The molecule has 1 N–H and O–H groups in total. The van der Waals surface area contributed by atoms with Crippen molar-refractivity contribution in [3.8, 4) is 0 Å². The summed E-state index contributed by atoms with van der Waals surface area (Å²) in [5.41, 5.74) is 6.43. The van der Waals surface area contributed by atoms with Gasteiger partial charge in [0.25, 0.3) is 0 Å². The molecule has 0 fully saturated rings. The molecule has 0 rings (SSSR count). The summed E-state index contributed by atoms with van der Waals surface area (Å²) < 4.78 is 0. The number of hydrogen-bond acceptors (Lipinski definition) is 1. The monoisotopic (exact) mass is 875 g/mol. The van der Waals surface area contributed by atoms with Crippen molar-refractivity contribution in [3.63, 3.8) is 0 Å². The molecule has 0 aliphatic carbocycles. The van der Waals surface area contributed by atoms with Crippen LogP contribution < -0.4 is 0 Å². The Kier molecular flexibility index (Phi) is 104. The van der Waals surface area contributed by atoms with Crippen LogP contribution in [0.5, 0.6) is 0 Å². The van der Waals surface area contributed by atoms with E-state index in [4.69, 9.17) is 5.73 Å². The maximum absolute atomic E-state index is 10.0. The third-order valence-corrected chi connectivity index (χ3v) is 0.427. The molecule has 0 aliphatic rings. The van der Waals surface area contributed by atoms with Crippen molar-refractivity contribution in [1.82, 2.24) is 0 Å². The van der Waals surface area contributed by atoms with Crippen molar-refractivity contribution in [3.05, 3.63) is 24.4 Å². The molecule has 0 aliphatic heterocycles. The summed E-state index contributed by atoms with van der Waals surface area (Å²) in [6.07, 6.45) is 2.73. The third kappa shape index (κ3) is 56.6. The minimum atomic E-state index is -0.0245. The van der Waals surface area contributed by atoms with Gasteiger partial charge in [-0.05, 0) is 6.92 Å². The molecule has 0 spiro atoms. The Morgan fingerprint density at radius 2 is 1.46 bits per heavy atom. The molecule has 0 aromatic rings. The van der Waals surface area contributed by atoms with Crippen LogP contribution in [-0.4, -0.2) is 5.78 Å². The van der Waals surface area contributed by atoms with Crippen LogP contribution in [0.3, 0.4) is 0 Å². The summed E-state index contributed by atoms with van der Waals surface area (Å²) in [7, 11) is 0. The van der Waals surface area contributed by atoms with Gasteiger partial charge in [-0.15, -0.1) is 0 Å². The number of allylic oxidation sites excluding steroid dienone is 1. The molecule has 0 aromatic heterocycles. The summed E-state index contributed by atoms with van der Waals surface area (Å²) in [6.45, 7) is 6.52. The SMILES string of the molecule is CC.CC(=O)/C=C/[CH-][NH-].[Re].[Re].[Re].[Re]. The van der Waals surface area contributed by atoms with E-state index in [0.29, 0.717) is 0 Å². The van der Waals surface area contributed by atoms with E-state index in [1.165, 1.54) is 19.1 Å². The smallest absolute Gasteiger partial charge is 0.0732 e. The minimum absolute atomic E-state index is 0. The maximum atomic E-state index is 10.0. The number of ketones is 1. The number of hydrogen-bond donors (Lipinski definition) is 0. The van der Waals surface area contributed by atoms with Gasteiger partial charge in [0.15, 0.2) is 0 Å². The van der Waals surface area contributed by atoms with E-state index in [0.717, 1.165) is 6.54 Å². The van der Waals surface area contributed by atoms with Gasteiger partial charge in [0.05, 0.1) is 5.78 Å². The van der Waals surface area contributed by atoms with Crippen LogP contribution in [0.2, 0.25) is 0 Å². The predicted molar refractivity (Wildman–Crippen MR) is 39.8 cm³/mol. The molecule has 82 valence electrons. The summed E-state index contributed by atoms with van der Waals surface area (Å²) >= 11 is 0. The fourth-order valence-corrected chi connectivity index (χ4v) is 0.184. The first-order valence-corrected chi connectivity index (χ1v) is 2.95. The van der Waals surface area contributed by atoms with Gasteiger partial charge >= 0.3 is 0 Å². The second kappa shape index (κ2) is 37.1. The first kappa shape index (κ1) is 36.3. The van der Waals surface area contributed by atoms with Crippen LogP contribution >= 0.6 is 0 Å². The van der Waals surface area contributed by atoms with E-state index in [1.807, 2.05) is 13.8 Å². The van der Waals surface area contributed by atoms with E-state index >= 15 is 0 Å². The molecule has 0 saturated heterocycles. The Morgan fingerprint density at radius 1 is 1.15 bits per heavy atom. The van der Waals surface area contributed by atoms with Gasteiger partial charge in [-0.25, -0.2) is 6.08 Å². The first-order valence-electron chi connectivity index (χ1n) is 2.95. The van der Waals surface area contributed by atoms with Crippen molar-refractivity contribution in [2.24, 2.45) is 0 Å². The summed E-state index contributed by atoms with van der Waals surface area (Å²) in [5, 5.41) is 0. The van der Waals surface area contributed by atoms with E-state index in [-0.39, 0.29) is 87.5 Å². The molecule has 0 atom stereocenters. The Bertz CT molecular complexity index is 98.5. The molecule has 0 unspecified atom stereocenters. The van der Waals surface area contributed by atoms with Gasteiger partial charge in [-0.3, -0.25) is 0 Å². The average Bonchev–Trinajstić information content (AvgIpc) is 1.88. The molecule has 0 heterocycles. The van der Waals surface area contributed by atoms with Crippen LogP contribution in [0.4, 0.5) is 0 Å². The van der Waals surface area contributed by atoms with Crippen molar-refractivity contribution in [2.45, 2.75) is 20.8 Å². The minimum Gasteiger partial charge on any atom is -0.746 e. The van der Waals surface area contributed by atoms with Crippen molar-refractivity contribution >= 4 is 5.78 Å². The third-order valence-electron chi connectivity index (χ3n) is 0.427. The van der Waals surface area contributed by atoms with Gasteiger partial charge in [0.2, 0.25) is 0 Å². The fraction of sp³-hybridized carbons (Fsp3) is 0.429. The second-order valence-electron chi connectivity index (χ2n) is 1.14. The maximum Gasteiger partial charge on any atom is 0.0732 e. The molecule has 0 amide bonds. The van der Waals surface area contributed by atoms with Crippen LogP contribution in [0.25, 0.3) is 5.73 Å². The number of rotatable bonds is 2. The van der Waals surface area contributed by atoms with Gasteiger partial charge < -0.3 is 17.1 Å². The van der Waals surface area contributed by atoms with Crippen molar-refractivity contribution in [2.75, 3.05) is 0 Å². The van der Waals surface area contributed by atoms with Crippen LogP contribution in [0.1, 0.15) is 20.8 Å². The standard InChI is InChI=1S/C5H7NO.C2H6.4Re/c1-5(7)3-2-4-6;1-2;;;;/h2-4,6H,1H3;1-2H3;;;;/q-2;;;;;/b3-2+;;;;;. The molecule has 0 saturated carbocycles. The average molecular weight is 872 g/mol. The quantitative estimate of drug-likeness (QED) is 0.311. The molecule has 13 heavy (non-hydrogen) atoms. The van der Waals surface area contributed by atoms with E-state index in [2.05, 4.69) is 0 Å². The van der Waals surface area contributed by atoms with Gasteiger partial charge in [0, 0.05) is 81.7 Å². The van der Waals surface area contributed by atoms with Crippen LogP contribution in [0, 0.1) is 6.54 Å². The Balaban J connectivity index is -0.0000000191. The topological polar surface area (TPSA) is 40.9 Å². The Labute approximate surface area is 136 Å². The molecular formula is C7H13NORe4-2. The molecule has 2 nitrogen and oxygen atoms in total. The predicted octanol–water partition coefficient (Wildman–Crippen LogP) is 2.36. The van der Waals surface area contributed by atoms with E-state index in [1.54, 1.807) is 0 Å².